The molecule has 1 nitrogen and oxygen atoms in total. The first-order chi connectivity index (χ1) is 7.84. The monoisotopic (exact) mass is 209 g/mol. The quantitative estimate of drug-likeness (QED) is 0.649. The second-order valence-corrected chi connectivity index (χ2v) is 4.33. The average Bonchev–Trinajstić information content (AvgIpc) is 2.44. The molecule has 1 heteroatoms. The Kier molecular flexibility index (Phi) is 2.17. The molecule has 1 radical (unpaired) electrons. The van der Waals surface area contributed by atoms with Crippen LogP contribution in [0, 0.1) is 23.8 Å². The van der Waals surface area contributed by atoms with Crippen LogP contribution in [0.5, 0.6) is 0 Å². The Balaban J connectivity index is 2.07. The highest BCUT2D eigenvalue weighted by Gasteiger charge is 2.29. The van der Waals surface area contributed by atoms with E-state index < -0.39 is 0 Å². The van der Waals surface area contributed by atoms with E-state index in [-0.39, 0.29) is 11.7 Å². The van der Waals surface area contributed by atoms with E-state index in [1.807, 2.05) is 24.3 Å². The molecule has 0 aromatic rings. The van der Waals surface area contributed by atoms with Crippen molar-refractivity contribution in [2.75, 3.05) is 0 Å². The Morgan fingerprint density at radius 2 is 1.81 bits per heavy atom. The number of allylic oxidation sites excluding steroid dienone is 11. The molecule has 0 saturated heterocycles. The minimum Gasteiger partial charge on any atom is -0.508 e. The van der Waals surface area contributed by atoms with Gasteiger partial charge in [-0.25, -0.2) is 0 Å². The van der Waals surface area contributed by atoms with Gasteiger partial charge in [0.05, 0.1) is 0 Å². The summed E-state index contributed by atoms with van der Waals surface area (Å²) in [6.07, 6.45) is 21.7. The van der Waals surface area contributed by atoms with Gasteiger partial charge in [-0.15, -0.1) is 0 Å². The smallest absolute Gasteiger partial charge is 0.120 e. The molecule has 0 spiro atoms. The molecule has 0 aromatic carbocycles. The molecule has 0 heterocycles. The van der Waals surface area contributed by atoms with Crippen molar-refractivity contribution < 1.29 is 5.11 Å². The van der Waals surface area contributed by atoms with E-state index in [1.54, 1.807) is 0 Å². The normalized spacial score (nSPS) is 34.9. The maximum Gasteiger partial charge on any atom is 0.120 e. The van der Waals surface area contributed by atoms with Gasteiger partial charge in [-0.05, 0) is 17.6 Å². The highest BCUT2D eigenvalue weighted by atomic mass is 16.3. The van der Waals surface area contributed by atoms with Crippen LogP contribution in [0.1, 0.15) is 0 Å². The van der Waals surface area contributed by atoms with Gasteiger partial charge in [0.25, 0.3) is 0 Å². The van der Waals surface area contributed by atoms with E-state index in [2.05, 4.69) is 36.5 Å². The third-order valence-electron chi connectivity index (χ3n) is 3.32. The molecule has 16 heavy (non-hydrogen) atoms. The predicted octanol–water partition coefficient (Wildman–Crippen LogP) is 3.27. The maximum absolute atomic E-state index is 9.78. The van der Waals surface area contributed by atoms with Crippen LogP contribution < -0.4 is 0 Å². The van der Waals surface area contributed by atoms with E-state index in [0.717, 1.165) is 5.57 Å². The topological polar surface area (TPSA) is 20.2 Å². The SMILES string of the molecule is OC1=CC2C=CC=CC2C2C=CC=CC2=[C]1. The number of aliphatic hydroxyl groups excluding tert-OH is 1. The molecule has 0 bridgehead atoms. The van der Waals surface area contributed by atoms with E-state index in [1.165, 1.54) is 0 Å². The van der Waals surface area contributed by atoms with Gasteiger partial charge < -0.3 is 5.11 Å². The van der Waals surface area contributed by atoms with Gasteiger partial charge in [-0.2, -0.15) is 0 Å². The second-order valence-electron chi connectivity index (χ2n) is 4.33. The summed E-state index contributed by atoms with van der Waals surface area (Å²) in [4.78, 5) is 0. The molecule has 0 saturated carbocycles. The molecular weight excluding hydrogens is 196 g/mol. The van der Waals surface area contributed by atoms with Crippen molar-refractivity contribution in [2.45, 2.75) is 0 Å². The molecule has 1 N–H and O–H groups in total. The third kappa shape index (κ3) is 1.49. The zero-order valence-corrected chi connectivity index (χ0v) is 8.88. The fraction of sp³-hybridized carbons (Fsp3) is 0.200. The van der Waals surface area contributed by atoms with Gasteiger partial charge in [0.2, 0.25) is 0 Å². The molecule has 0 fully saturated rings. The molecular formula is C15H13O. The summed E-state index contributed by atoms with van der Waals surface area (Å²) >= 11 is 0. The summed E-state index contributed by atoms with van der Waals surface area (Å²) in [5.41, 5.74) is 1.07. The van der Waals surface area contributed by atoms with E-state index in [4.69, 9.17) is 0 Å². The molecule has 3 aliphatic carbocycles. The summed E-state index contributed by atoms with van der Waals surface area (Å²) < 4.78 is 0. The number of aliphatic hydroxyl groups is 1. The number of rotatable bonds is 0. The lowest BCUT2D eigenvalue weighted by molar-refractivity contribution is 0.416. The fourth-order valence-corrected chi connectivity index (χ4v) is 2.56. The van der Waals surface area contributed by atoms with Crippen LogP contribution in [-0.2, 0) is 0 Å². The summed E-state index contributed by atoms with van der Waals surface area (Å²) in [6.45, 7) is 0. The molecule has 3 aliphatic rings. The lowest BCUT2D eigenvalue weighted by atomic mass is 9.75. The summed E-state index contributed by atoms with van der Waals surface area (Å²) in [5.74, 6) is 1.26. The summed E-state index contributed by atoms with van der Waals surface area (Å²) in [7, 11) is 0. The lowest BCUT2D eigenvalue weighted by Crippen LogP contribution is -2.20. The Morgan fingerprint density at radius 1 is 1.00 bits per heavy atom. The standard InChI is InChI=1S/C15H13O/c16-13-9-11-5-1-3-7-14(11)15-8-4-2-6-12(15)10-13/h1-9,11,14-16H. The number of hydrogen-bond acceptors (Lipinski definition) is 1. The van der Waals surface area contributed by atoms with Crippen LogP contribution >= 0.6 is 0 Å². The van der Waals surface area contributed by atoms with Crippen molar-refractivity contribution in [1.82, 2.24) is 0 Å². The molecule has 3 atom stereocenters. The molecule has 3 rings (SSSR count). The van der Waals surface area contributed by atoms with Gasteiger partial charge in [0.15, 0.2) is 0 Å². The third-order valence-corrected chi connectivity index (χ3v) is 3.32. The molecule has 79 valence electrons. The highest BCUT2D eigenvalue weighted by molar-refractivity contribution is 5.40. The Bertz CT molecular complexity index is 472. The number of fused-ring (bicyclic) bond motifs is 3. The van der Waals surface area contributed by atoms with E-state index >= 15 is 0 Å². The second kappa shape index (κ2) is 3.67. The lowest BCUT2D eigenvalue weighted by Gasteiger charge is -2.28. The fourth-order valence-electron chi connectivity index (χ4n) is 2.56. The first-order valence-corrected chi connectivity index (χ1v) is 5.59. The molecule has 0 aromatic heterocycles. The van der Waals surface area contributed by atoms with Gasteiger partial charge in [-0.1, -0.05) is 48.6 Å². The number of hydrogen-bond donors (Lipinski definition) is 1. The Morgan fingerprint density at radius 3 is 2.75 bits per heavy atom. The van der Waals surface area contributed by atoms with Crippen LogP contribution in [-0.4, -0.2) is 5.11 Å². The predicted molar refractivity (Wildman–Crippen MR) is 64.5 cm³/mol. The zero-order chi connectivity index (χ0) is 11.0. The first kappa shape index (κ1) is 9.46. The van der Waals surface area contributed by atoms with Gasteiger partial charge in [0, 0.05) is 17.9 Å². The van der Waals surface area contributed by atoms with Crippen LogP contribution in [0.25, 0.3) is 0 Å². The Hall–Kier alpha value is -1.76. The first-order valence-electron chi connectivity index (χ1n) is 5.59. The van der Waals surface area contributed by atoms with Crippen LogP contribution in [0.4, 0.5) is 0 Å². The molecule has 3 unspecified atom stereocenters. The van der Waals surface area contributed by atoms with Crippen molar-refractivity contribution in [3.63, 3.8) is 0 Å². The van der Waals surface area contributed by atoms with E-state index in [0.29, 0.717) is 11.8 Å². The zero-order valence-electron chi connectivity index (χ0n) is 8.88. The van der Waals surface area contributed by atoms with Gasteiger partial charge in [-0.3, -0.25) is 0 Å². The molecule has 0 aliphatic heterocycles. The summed E-state index contributed by atoms with van der Waals surface area (Å²) in [6, 6.07) is 0. The van der Waals surface area contributed by atoms with E-state index in [9.17, 15) is 5.11 Å². The van der Waals surface area contributed by atoms with Crippen molar-refractivity contribution >= 4 is 0 Å². The van der Waals surface area contributed by atoms with Crippen molar-refractivity contribution in [3.05, 3.63) is 72.1 Å². The minimum absolute atomic E-state index is 0.257. The van der Waals surface area contributed by atoms with Crippen LogP contribution in [0.3, 0.4) is 0 Å². The van der Waals surface area contributed by atoms with Crippen LogP contribution in [0.15, 0.2) is 66.0 Å². The highest BCUT2D eigenvalue weighted by Crippen LogP contribution is 2.38. The average molecular weight is 209 g/mol. The Labute approximate surface area is 95.5 Å². The van der Waals surface area contributed by atoms with Crippen molar-refractivity contribution in [3.8, 4) is 0 Å². The van der Waals surface area contributed by atoms with Crippen LogP contribution in [0.2, 0.25) is 0 Å². The molecule has 0 amide bonds. The van der Waals surface area contributed by atoms with Gasteiger partial charge >= 0.3 is 0 Å². The van der Waals surface area contributed by atoms with Gasteiger partial charge in [0.1, 0.15) is 5.76 Å². The largest absolute Gasteiger partial charge is 0.508 e. The summed E-state index contributed by atoms with van der Waals surface area (Å²) in [5, 5.41) is 9.78. The maximum atomic E-state index is 9.78. The van der Waals surface area contributed by atoms with Crippen molar-refractivity contribution in [2.24, 2.45) is 17.8 Å². The van der Waals surface area contributed by atoms with Crippen molar-refractivity contribution in [1.29, 1.82) is 0 Å². The minimum atomic E-state index is 0.257.